The number of benzene rings is 2. The van der Waals surface area contributed by atoms with Gasteiger partial charge in [0.15, 0.2) is 0 Å². The normalized spacial score (nSPS) is 15.8. The van der Waals surface area contributed by atoms with Gasteiger partial charge in [0.2, 0.25) is 5.95 Å². The Bertz CT molecular complexity index is 1400. The standard InChI is InChI=1S/C27H27FN6O2.ClH/c1-32-26(35)15-23(22-10-11-29-18-30-22)31-27(32)34-13-12-33(16-19-6-4-3-5-7-19)24(17-34)21-9-8-20(28)14-25(21)36-2;/h3-11,14-15,18,24H,12-13,16-17H2,1-2H3;1H. The lowest BCUT2D eigenvalue weighted by Gasteiger charge is -2.42. The van der Waals surface area contributed by atoms with Gasteiger partial charge in [-0.3, -0.25) is 14.3 Å². The van der Waals surface area contributed by atoms with Gasteiger partial charge in [0, 0.05) is 57.1 Å². The van der Waals surface area contributed by atoms with Crippen molar-refractivity contribution in [1.82, 2.24) is 24.4 Å². The summed E-state index contributed by atoms with van der Waals surface area (Å²) in [6.45, 7) is 2.66. The number of piperazine rings is 1. The largest absolute Gasteiger partial charge is 0.496 e. The summed E-state index contributed by atoms with van der Waals surface area (Å²) in [6.07, 6.45) is 3.06. The van der Waals surface area contributed by atoms with Gasteiger partial charge < -0.3 is 9.64 Å². The summed E-state index contributed by atoms with van der Waals surface area (Å²) < 4.78 is 21.1. The van der Waals surface area contributed by atoms with Crippen LogP contribution in [0.4, 0.5) is 10.3 Å². The number of nitrogens with zero attached hydrogens (tertiary/aromatic N) is 6. The van der Waals surface area contributed by atoms with Crippen LogP contribution in [-0.4, -0.2) is 51.2 Å². The van der Waals surface area contributed by atoms with Gasteiger partial charge in [0.25, 0.3) is 5.56 Å². The molecule has 0 radical (unpaired) electrons. The van der Waals surface area contributed by atoms with Crippen molar-refractivity contribution in [3.05, 3.63) is 100 Å². The van der Waals surface area contributed by atoms with Crippen LogP contribution in [-0.2, 0) is 13.6 Å². The number of anilines is 1. The van der Waals surface area contributed by atoms with Crippen LogP contribution in [0, 0.1) is 5.82 Å². The second kappa shape index (κ2) is 11.5. The van der Waals surface area contributed by atoms with E-state index < -0.39 is 0 Å². The minimum absolute atomic E-state index is 0. The highest BCUT2D eigenvalue weighted by atomic mass is 35.5. The molecule has 1 saturated heterocycles. The Balaban J connectivity index is 0.00000320. The SMILES string of the molecule is COc1cc(F)ccc1C1CN(c2nc(-c3ccncn3)cc(=O)n2C)CCN1Cc1ccccc1.Cl. The van der Waals surface area contributed by atoms with E-state index in [0.29, 0.717) is 42.7 Å². The second-order valence-electron chi connectivity index (χ2n) is 8.74. The Morgan fingerprint density at radius 2 is 1.86 bits per heavy atom. The molecular formula is C27H28ClFN6O2. The van der Waals surface area contributed by atoms with E-state index in [9.17, 15) is 9.18 Å². The monoisotopic (exact) mass is 522 g/mol. The number of rotatable bonds is 6. The average Bonchev–Trinajstić information content (AvgIpc) is 2.91. The maximum Gasteiger partial charge on any atom is 0.255 e. The minimum Gasteiger partial charge on any atom is -0.496 e. The number of halogens is 2. The van der Waals surface area contributed by atoms with E-state index in [4.69, 9.17) is 9.72 Å². The molecule has 2 aromatic carbocycles. The smallest absolute Gasteiger partial charge is 0.255 e. The maximum atomic E-state index is 14.0. The number of aromatic nitrogens is 4. The van der Waals surface area contributed by atoms with Crippen LogP contribution in [0.2, 0.25) is 0 Å². The molecule has 1 aliphatic rings. The Hall–Kier alpha value is -3.82. The second-order valence-corrected chi connectivity index (χ2v) is 8.74. The van der Waals surface area contributed by atoms with Crippen LogP contribution < -0.4 is 15.2 Å². The van der Waals surface area contributed by atoms with Crippen molar-refractivity contribution in [3.8, 4) is 17.1 Å². The fraction of sp³-hybridized carbons (Fsp3) is 0.259. The van der Waals surface area contributed by atoms with Crippen molar-refractivity contribution in [1.29, 1.82) is 0 Å². The zero-order valence-corrected chi connectivity index (χ0v) is 21.4. The summed E-state index contributed by atoms with van der Waals surface area (Å²) in [4.78, 5) is 30.3. The van der Waals surface area contributed by atoms with Gasteiger partial charge in [-0.2, -0.15) is 0 Å². The molecule has 0 spiro atoms. The molecule has 0 bridgehead atoms. The highest BCUT2D eigenvalue weighted by Gasteiger charge is 2.32. The molecule has 37 heavy (non-hydrogen) atoms. The van der Waals surface area contributed by atoms with Gasteiger partial charge in [0.05, 0.1) is 24.5 Å². The average molecular weight is 523 g/mol. The van der Waals surface area contributed by atoms with Gasteiger partial charge in [0.1, 0.15) is 17.9 Å². The van der Waals surface area contributed by atoms with Gasteiger partial charge in [-0.15, -0.1) is 12.4 Å². The van der Waals surface area contributed by atoms with E-state index in [1.807, 2.05) is 18.2 Å². The zero-order chi connectivity index (χ0) is 25.1. The Morgan fingerprint density at radius 3 is 2.59 bits per heavy atom. The summed E-state index contributed by atoms with van der Waals surface area (Å²) >= 11 is 0. The van der Waals surface area contributed by atoms with Crippen LogP contribution >= 0.6 is 12.4 Å². The molecule has 0 N–H and O–H groups in total. The molecule has 1 aliphatic heterocycles. The summed E-state index contributed by atoms with van der Waals surface area (Å²) in [7, 11) is 3.27. The molecule has 8 nitrogen and oxygen atoms in total. The highest BCUT2D eigenvalue weighted by Crippen LogP contribution is 2.35. The molecular weight excluding hydrogens is 495 g/mol. The van der Waals surface area contributed by atoms with Crippen molar-refractivity contribution in [2.75, 3.05) is 31.6 Å². The lowest BCUT2D eigenvalue weighted by atomic mass is 10.00. The molecule has 3 heterocycles. The molecule has 4 aromatic rings. The molecule has 10 heteroatoms. The highest BCUT2D eigenvalue weighted by molar-refractivity contribution is 5.85. The lowest BCUT2D eigenvalue weighted by molar-refractivity contribution is 0.164. The first-order valence-electron chi connectivity index (χ1n) is 11.7. The summed E-state index contributed by atoms with van der Waals surface area (Å²) in [5.41, 5.74) is 2.99. The van der Waals surface area contributed by atoms with E-state index in [1.165, 1.54) is 30.1 Å². The van der Waals surface area contributed by atoms with Gasteiger partial charge in [-0.05, 0) is 17.7 Å². The van der Waals surface area contributed by atoms with Crippen molar-refractivity contribution in [2.45, 2.75) is 12.6 Å². The molecule has 1 unspecified atom stereocenters. The minimum atomic E-state index is -0.348. The van der Waals surface area contributed by atoms with Crippen LogP contribution in [0.1, 0.15) is 17.2 Å². The quantitative estimate of drug-likeness (QED) is 0.380. The van der Waals surface area contributed by atoms with Crippen molar-refractivity contribution in [3.63, 3.8) is 0 Å². The molecule has 1 fully saturated rings. The lowest BCUT2D eigenvalue weighted by Crippen LogP contribution is -2.49. The van der Waals surface area contributed by atoms with Gasteiger partial charge in [-0.25, -0.2) is 19.3 Å². The van der Waals surface area contributed by atoms with Gasteiger partial charge >= 0.3 is 0 Å². The fourth-order valence-corrected chi connectivity index (χ4v) is 4.65. The van der Waals surface area contributed by atoms with Crippen LogP contribution in [0.25, 0.3) is 11.4 Å². The third-order valence-electron chi connectivity index (χ3n) is 6.51. The van der Waals surface area contributed by atoms with E-state index in [-0.39, 0.29) is 29.8 Å². The predicted molar refractivity (Wildman–Crippen MR) is 143 cm³/mol. The molecule has 192 valence electrons. The van der Waals surface area contributed by atoms with Crippen LogP contribution in [0.3, 0.4) is 0 Å². The molecule has 2 aromatic heterocycles. The summed E-state index contributed by atoms with van der Waals surface area (Å²) in [6, 6.07) is 18.0. The van der Waals surface area contributed by atoms with Crippen molar-refractivity contribution < 1.29 is 9.13 Å². The number of hydrogen-bond donors (Lipinski definition) is 0. The Kier molecular flexibility index (Phi) is 8.15. The summed E-state index contributed by atoms with van der Waals surface area (Å²) in [5.74, 6) is 0.706. The first-order chi connectivity index (χ1) is 17.5. The van der Waals surface area contributed by atoms with E-state index in [2.05, 4.69) is 31.9 Å². The first-order valence-corrected chi connectivity index (χ1v) is 11.7. The maximum absolute atomic E-state index is 14.0. The van der Waals surface area contributed by atoms with E-state index in [0.717, 1.165) is 12.1 Å². The van der Waals surface area contributed by atoms with Crippen LogP contribution in [0.15, 0.2) is 78.0 Å². The Labute approximate surface area is 220 Å². The van der Waals surface area contributed by atoms with Crippen LogP contribution in [0.5, 0.6) is 5.75 Å². The summed E-state index contributed by atoms with van der Waals surface area (Å²) in [5, 5.41) is 0. The zero-order valence-electron chi connectivity index (χ0n) is 20.6. The first kappa shape index (κ1) is 26.2. The third-order valence-corrected chi connectivity index (χ3v) is 6.51. The molecule has 0 saturated carbocycles. The topological polar surface area (TPSA) is 76.4 Å². The predicted octanol–water partition coefficient (Wildman–Crippen LogP) is 3.87. The fourth-order valence-electron chi connectivity index (χ4n) is 4.65. The number of methoxy groups -OCH3 is 1. The molecule has 0 aliphatic carbocycles. The van der Waals surface area contributed by atoms with Crippen molar-refractivity contribution >= 4 is 18.4 Å². The molecule has 0 amide bonds. The number of hydrogen-bond acceptors (Lipinski definition) is 7. The van der Waals surface area contributed by atoms with E-state index >= 15 is 0 Å². The number of ether oxygens (including phenoxy) is 1. The Morgan fingerprint density at radius 1 is 1.05 bits per heavy atom. The molecule has 1 atom stereocenters. The van der Waals surface area contributed by atoms with Gasteiger partial charge in [-0.1, -0.05) is 36.4 Å². The van der Waals surface area contributed by atoms with Crippen molar-refractivity contribution in [2.24, 2.45) is 7.05 Å². The van der Waals surface area contributed by atoms with E-state index in [1.54, 1.807) is 37.1 Å². The third kappa shape index (κ3) is 5.63. The molecule has 5 rings (SSSR count).